The van der Waals surface area contributed by atoms with Crippen LogP contribution in [-0.2, 0) is 4.79 Å². The maximum absolute atomic E-state index is 12.2. The smallest absolute Gasteiger partial charge is 0.283 e. The molecule has 0 heterocycles. The lowest BCUT2D eigenvalue weighted by molar-refractivity contribution is -0.114. The van der Waals surface area contributed by atoms with Crippen LogP contribution in [-0.4, -0.2) is 5.91 Å². The number of anilines is 2. The van der Waals surface area contributed by atoms with Gasteiger partial charge in [-0.15, -0.1) is 0 Å². The van der Waals surface area contributed by atoms with Crippen molar-refractivity contribution in [3.8, 4) is 0 Å². The molecule has 0 atom stereocenters. The fraction of sp³-hybridized carbons (Fsp3) is 0. The van der Waals surface area contributed by atoms with Crippen molar-refractivity contribution in [1.82, 2.24) is 0 Å². The van der Waals surface area contributed by atoms with Gasteiger partial charge < -0.3 is 11.1 Å². The van der Waals surface area contributed by atoms with Crippen molar-refractivity contribution in [1.29, 1.82) is 0 Å². The van der Waals surface area contributed by atoms with Gasteiger partial charge in [0.1, 0.15) is 0 Å². The van der Waals surface area contributed by atoms with Gasteiger partial charge in [-0.1, -0.05) is 12.6 Å². The fourth-order valence-corrected chi connectivity index (χ4v) is 0.815. The highest BCUT2D eigenvalue weighted by atomic mass is 19.1. The normalized spacial score (nSPS) is 9.31. The molecule has 3 N–H and O–H groups in total. The van der Waals surface area contributed by atoms with Crippen LogP contribution in [0.3, 0.4) is 0 Å². The van der Waals surface area contributed by atoms with E-state index in [9.17, 15) is 9.18 Å². The van der Waals surface area contributed by atoms with Crippen molar-refractivity contribution in [2.45, 2.75) is 0 Å². The second-order valence-electron chi connectivity index (χ2n) is 2.48. The van der Waals surface area contributed by atoms with Crippen LogP contribution in [0, 0.1) is 0 Å². The van der Waals surface area contributed by atoms with Gasteiger partial charge in [-0.2, -0.15) is 0 Å². The van der Waals surface area contributed by atoms with E-state index in [1.165, 1.54) is 6.07 Å². The topological polar surface area (TPSA) is 55.1 Å². The average Bonchev–Trinajstić information content (AvgIpc) is 2.04. The Morgan fingerprint density at radius 3 is 2.77 bits per heavy atom. The second kappa shape index (κ2) is 3.71. The lowest BCUT2D eigenvalue weighted by atomic mass is 10.3. The predicted molar refractivity (Wildman–Crippen MR) is 49.7 cm³/mol. The fourth-order valence-electron chi connectivity index (χ4n) is 0.815. The number of carbonyl (C=O) groups excluding carboxylic acids is 1. The maximum Gasteiger partial charge on any atom is 0.283 e. The molecule has 0 fully saturated rings. The zero-order valence-corrected chi connectivity index (χ0v) is 6.88. The number of nitrogens with one attached hydrogen (secondary N) is 1. The van der Waals surface area contributed by atoms with Gasteiger partial charge in [0.15, 0.2) is 5.83 Å². The molecule has 13 heavy (non-hydrogen) atoms. The first-order valence-corrected chi connectivity index (χ1v) is 3.61. The van der Waals surface area contributed by atoms with Crippen LogP contribution in [0.4, 0.5) is 15.8 Å². The molecule has 68 valence electrons. The minimum atomic E-state index is -1.03. The highest BCUT2D eigenvalue weighted by molar-refractivity contribution is 6.01. The van der Waals surface area contributed by atoms with Gasteiger partial charge in [-0.05, 0) is 18.2 Å². The Kier molecular flexibility index (Phi) is 2.64. The number of hydrogen-bond donors (Lipinski definition) is 2. The number of nitrogen functional groups attached to an aromatic ring is 1. The van der Waals surface area contributed by atoms with Crippen molar-refractivity contribution < 1.29 is 9.18 Å². The summed E-state index contributed by atoms with van der Waals surface area (Å²) >= 11 is 0. The van der Waals surface area contributed by atoms with Crippen LogP contribution in [0.2, 0.25) is 0 Å². The first kappa shape index (κ1) is 9.25. The van der Waals surface area contributed by atoms with Crippen LogP contribution in [0.1, 0.15) is 0 Å². The predicted octanol–water partition coefficient (Wildman–Crippen LogP) is 1.69. The van der Waals surface area contributed by atoms with Crippen LogP contribution in [0.5, 0.6) is 0 Å². The molecule has 0 aliphatic carbocycles. The van der Waals surface area contributed by atoms with Gasteiger partial charge in [0.05, 0.1) is 0 Å². The van der Waals surface area contributed by atoms with E-state index in [4.69, 9.17) is 5.73 Å². The van der Waals surface area contributed by atoms with E-state index >= 15 is 0 Å². The van der Waals surface area contributed by atoms with Crippen LogP contribution >= 0.6 is 0 Å². The second-order valence-corrected chi connectivity index (χ2v) is 2.48. The van der Waals surface area contributed by atoms with Gasteiger partial charge in [0, 0.05) is 11.4 Å². The zero-order chi connectivity index (χ0) is 9.84. The summed E-state index contributed by atoms with van der Waals surface area (Å²) in [5, 5.41) is 2.29. The first-order chi connectivity index (χ1) is 6.09. The summed E-state index contributed by atoms with van der Waals surface area (Å²) < 4.78 is 12.2. The molecule has 1 amide bonds. The third-order valence-electron chi connectivity index (χ3n) is 1.39. The summed E-state index contributed by atoms with van der Waals surface area (Å²) in [6.45, 7) is 2.86. The maximum atomic E-state index is 12.2. The Balaban J connectivity index is 2.75. The lowest BCUT2D eigenvalue weighted by Crippen LogP contribution is -2.11. The minimum Gasteiger partial charge on any atom is -0.399 e. The van der Waals surface area contributed by atoms with E-state index in [-0.39, 0.29) is 0 Å². The lowest BCUT2D eigenvalue weighted by Gasteiger charge is -2.02. The Morgan fingerprint density at radius 2 is 2.23 bits per heavy atom. The molecule has 0 bridgehead atoms. The largest absolute Gasteiger partial charge is 0.399 e. The SMILES string of the molecule is C=C(F)C(=O)Nc1cccc(N)c1. The van der Waals surface area contributed by atoms with Gasteiger partial charge >= 0.3 is 0 Å². The molecule has 1 rings (SSSR count). The Hall–Kier alpha value is -1.84. The van der Waals surface area contributed by atoms with Crippen molar-refractivity contribution in [2.24, 2.45) is 0 Å². The van der Waals surface area contributed by atoms with E-state index in [1.54, 1.807) is 18.2 Å². The molecule has 4 heteroatoms. The van der Waals surface area contributed by atoms with Crippen LogP contribution in [0.15, 0.2) is 36.7 Å². The monoisotopic (exact) mass is 180 g/mol. The van der Waals surface area contributed by atoms with Crippen LogP contribution < -0.4 is 11.1 Å². The summed E-state index contributed by atoms with van der Waals surface area (Å²) in [5.41, 5.74) is 6.39. The van der Waals surface area contributed by atoms with Crippen molar-refractivity contribution in [3.05, 3.63) is 36.7 Å². The number of nitrogens with two attached hydrogens (primary N) is 1. The molecule has 1 aromatic rings. The highest BCUT2D eigenvalue weighted by Gasteiger charge is 2.05. The molecule has 0 aliphatic heterocycles. The minimum absolute atomic E-state index is 0.448. The number of benzene rings is 1. The number of halogens is 1. The van der Waals surface area contributed by atoms with Gasteiger partial charge in [0.25, 0.3) is 5.91 Å². The Bertz CT molecular complexity index is 349. The molecule has 0 saturated heterocycles. The van der Waals surface area contributed by atoms with E-state index in [0.717, 1.165) is 0 Å². The third-order valence-corrected chi connectivity index (χ3v) is 1.39. The molecular formula is C9H9FN2O. The van der Waals surface area contributed by atoms with Crippen LogP contribution in [0.25, 0.3) is 0 Å². The molecular weight excluding hydrogens is 171 g/mol. The summed E-state index contributed by atoms with van der Waals surface area (Å²) in [6, 6.07) is 6.46. The molecule has 1 aromatic carbocycles. The van der Waals surface area contributed by atoms with Crippen molar-refractivity contribution >= 4 is 17.3 Å². The third kappa shape index (κ3) is 2.59. The summed E-state index contributed by atoms with van der Waals surface area (Å²) in [6.07, 6.45) is 0. The van der Waals surface area contributed by atoms with Gasteiger partial charge in [-0.3, -0.25) is 4.79 Å². The van der Waals surface area contributed by atoms with Crippen molar-refractivity contribution in [2.75, 3.05) is 11.1 Å². The van der Waals surface area contributed by atoms with Crippen molar-refractivity contribution in [3.63, 3.8) is 0 Å². The van der Waals surface area contributed by atoms with Gasteiger partial charge in [-0.25, -0.2) is 4.39 Å². The Labute approximate surface area is 75.1 Å². The molecule has 0 saturated carbocycles. The van der Waals surface area contributed by atoms with E-state index < -0.39 is 11.7 Å². The summed E-state index contributed by atoms with van der Waals surface area (Å²) in [5.74, 6) is -1.88. The first-order valence-electron chi connectivity index (χ1n) is 3.61. The molecule has 0 spiro atoms. The molecule has 0 unspecified atom stereocenters. The van der Waals surface area contributed by atoms with Gasteiger partial charge in [0.2, 0.25) is 0 Å². The standard InChI is InChI=1S/C9H9FN2O/c1-6(10)9(13)12-8-4-2-3-7(11)5-8/h2-5H,1,11H2,(H,12,13). The number of hydrogen-bond acceptors (Lipinski definition) is 2. The number of rotatable bonds is 2. The quantitative estimate of drug-likeness (QED) is 0.537. The zero-order valence-electron chi connectivity index (χ0n) is 6.88. The summed E-state index contributed by atoms with van der Waals surface area (Å²) in [4.78, 5) is 10.8. The van der Waals surface area contributed by atoms with E-state index in [0.29, 0.717) is 11.4 Å². The molecule has 0 radical (unpaired) electrons. The van der Waals surface area contributed by atoms with E-state index in [2.05, 4.69) is 11.9 Å². The number of carbonyl (C=O) groups is 1. The highest BCUT2D eigenvalue weighted by Crippen LogP contribution is 2.12. The number of amides is 1. The average molecular weight is 180 g/mol. The molecule has 3 nitrogen and oxygen atoms in total. The molecule has 0 aromatic heterocycles. The summed E-state index contributed by atoms with van der Waals surface area (Å²) in [7, 11) is 0. The Morgan fingerprint density at radius 1 is 1.54 bits per heavy atom. The van der Waals surface area contributed by atoms with E-state index in [1.807, 2.05) is 0 Å². The molecule has 0 aliphatic rings.